The number of unbranched alkanes of at least 4 members (excludes halogenated alkanes) is 1. The highest BCUT2D eigenvalue weighted by atomic mass is 32.2. The van der Waals surface area contributed by atoms with Crippen LogP contribution in [-0.2, 0) is 14.8 Å². The predicted molar refractivity (Wildman–Crippen MR) is 44.3 cm³/mol. The third-order valence-electron chi connectivity index (χ3n) is 1.36. The molecule has 0 heterocycles. The average molecular weight is 195 g/mol. The zero-order valence-corrected chi connectivity index (χ0v) is 7.73. The van der Waals surface area contributed by atoms with Gasteiger partial charge in [-0.3, -0.25) is 4.79 Å². The largest absolute Gasteiger partial charge is 0.481 e. The predicted octanol–water partition coefficient (Wildman–Crippen LogP) is -0.210. The van der Waals surface area contributed by atoms with Crippen LogP contribution in [0.2, 0.25) is 0 Å². The minimum absolute atomic E-state index is 0.00319. The van der Waals surface area contributed by atoms with Gasteiger partial charge < -0.3 is 5.11 Å². The van der Waals surface area contributed by atoms with Crippen molar-refractivity contribution in [1.82, 2.24) is 4.72 Å². The molecule has 0 atom stereocenters. The number of hydrogen-bond donors (Lipinski definition) is 2. The molecule has 0 saturated heterocycles. The van der Waals surface area contributed by atoms with E-state index in [-0.39, 0.29) is 12.2 Å². The van der Waals surface area contributed by atoms with Crippen LogP contribution in [0, 0.1) is 0 Å². The second-order valence-electron chi connectivity index (χ2n) is 2.37. The summed E-state index contributed by atoms with van der Waals surface area (Å²) < 4.78 is 23.7. The molecular formula is C6H13NO4S. The Kier molecular flexibility index (Phi) is 4.84. The summed E-state index contributed by atoms with van der Waals surface area (Å²) in [5, 5.41) is 8.24. The first-order chi connectivity index (χ1) is 5.48. The van der Waals surface area contributed by atoms with Crippen molar-refractivity contribution >= 4 is 16.0 Å². The highest BCUT2D eigenvalue weighted by molar-refractivity contribution is 7.89. The molecule has 0 unspecified atom stereocenters. The van der Waals surface area contributed by atoms with Gasteiger partial charge in [0.15, 0.2) is 0 Å². The molecule has 0 spiro atoms. The van der Waals surface area contributed by atoms with Gasteiger partial charge in [0.05, 0.1) is 5.75 Å². The molecule has 0 saturated carbocycles. The number of carboxylic acids is 1. The molecule has 12 heavy (non-hydrogen) atoms. The Bertz CT molecular complexity index is 234. The van der Waals surface area contributed by atoms with Crippen molar-refractivity contribution in [2.24, 2.45) is 0 Å². The van der Waals surface area contributed by atoms with Crippen LogP contribution in [-0.4, -0.2) is 32.3 Å². The van der Waals surface area contributed by atoms with Crippen molar-refractivity contribution in [2.75, 3.05) is 12.8 Å². The van der Waals surface area contributed by atoms with Gasteiger partial charge in [0.1, 0.15) is 0 Å². The molecule has 2 N–H and O–H groups in total. The fraction of sp³-hybridized carbons (Fsp3) is 0.833. The van der Waals surface area contributed by atoms with E-state index in [4.69, 9.17) is 5.11 Å². The van der Waals surface area contributed by atoms with E-state index in [1.807, 2.05) is 0 Å². The maximum absolute atomic E-state index is 10.8. The number of sulfonamides is 1. The highest BCUT2D eigenvalue weighted by Gasteiger charge is 2.06. The maximum atomic E-state index is 10.8. The summed E-state index contributed by atoms with van der Waals surface area (Å²) in [6.07, 6.45) is 0.810. The van der Waals surface area contributed by atoms with Gasteiger partial charge >= 0.3 is 5.97 Å². The van der Waals surface area contributed by atoms with Crippen LogP contribution in [0.3, 0.4) is 0 Å². The fourth-order valence-corrected chi connectivity index (χ4v) is 1.46. The Morgan fingerprint density at radius 3 is 2.42 bits per heavy atom. The van der Waals surface area contributed by atoms with Crippen molar-refractivity contribution in [3.63, 3.8) is 0 Å². The fourth-order valence-electron chi connectivity index (χ4n) is 0.670. The average Bonchev–Trinajstić information content (AvgIpc) is 1.98. The van der Waals surface area contributed by atoms with E-state index < -0.39 is 16.0 Å². The quantitative estimate of drug-likeness (QED) is 0.574. The first-order valence-corrected chi connectivity index (χ1v) is 5.26. The van der Waals surface area contributed by atoms with E-state index in [1.165, 1.54) is 7.05 Å². The van der Waals surface area contributed by atoms with Crippen LogP contribution in [0.5, 0.6) is 0 Å². The van der Waals surface area contributed by atoms with Crippen LogP contribution < -0.4 is 4.72 Å². The van der Waals surface area contributed by atoms with Crippen molar-refractivity contribution < 1.29 is 18.3 Å². The third-order valence-corrected chi connectivity index (χ3v) is 2.81. The molecule has 0 aromatic rings. The second kappa shape index (κ2) is 5.10. The Morgan fingerprint density at radius 2 is 2.00 bits per heavy atom. The molecule has 0 radical (unpaired) electrons. The molecular weight excluding hydrogens is 182 g/mol. The van der Waals surface area contributed by atoms with Gasteiger partial charge in [0.2, 0.25) is 10.0 Å². The maximum Gasteiger partial charge on any atom is 0.303 e. The molecule has 72 valence electrons. The van der Waals surface area contributed by atoms with Crippen LogP contribution >= 0.6 is 0 Å². The molecule has 0 amide bonds. The summed E-state index contributed by atoms with van der Waals surface area (Å²) in [7, 11) is -1.82. The van der Waals surface area contributed by atoms with Crippen LogP contribution in [0.25, 0.3) is 0 Å². The third kappa shape index (κ3) is 6.11. The van der Waals surface area contributed by atoms with Gasteiger partial charge in [-0.05, 0) is 19.9 Å². The van der Waals surface area contributed by atoms with Crippen LogP contribution in [0.1, 0.15) is 19.3 Å². The van der Waals surface area contributed by atoms with E-state index in [2.05, 4.69) is 4.72 Å². The van der Waals surface area contributed by atoms with E-state index >= 15 is 0 Å². The van der Waals surface area contributed by atoms with Crippen LogP contribution in [0.4, 0.5) is 0 Å². The summed E-state index contributed by atoms with van der Waals surface area (Å²) >= 11 is 0. The molecule has 0 aliphatic heterocycles. The summed E-state index contributed by atoms with van der Waals surface area (Å²) in [6, 6.07) is 0. The molecule has 0 aliphatic carbocycles. The van der Waals surface area contributed by atoms with Gasteiger partial charge in [0, 0.05) is 6.42 Å². The van der Waals surface area contributed by atoms with E-state index in [0.717, 1.165) is 0 Å². The Balaban J connectivity index is 3.51. The van der Waals surface area contributed by atoms with E-state index in [0.29, 0.717) is 12.8 Å². The first-order valence-electron chi connectivity index (χ1n) is 3.61. The number of aliphatic carboxylic acids is 1. The Morgan fingerprint density at radius 1 is 1.42 bits per heavy atom. The molecule has 0 fully saturated rings. The van der Waals surface area contributed by atoms with Gasteiger partial charge in [0.25, 0.3) is 0 Å². The SMILES string of the molecule is CNS(=O)(=O)CCCCC(=O)O. The molecule has 0 aliphatic rings. The van der Waals surface area contributed by atoms with E-state index in [1.54, 1.807) is 0 Å². The Labute approximate surface area is 71.8 Å². The summed E-state index contributed by atoms with van der Waals surface area (Å²) in [5.74, 6) is -0.895. The van der Waals surface area contributed by atoms with Crippen molar-refractivity contribution in [3.8, 4) is 0 Å². The van der Waals surface area contributed by atoms with Gasteiger partial charge in [-0.25, -0.2) is 13.1 Å². The molecule has 5 nitrogen and oxygen atoms in total. The molecule has 0 bridgehead atoms. The number of carbonyl (C=O) groups is 1. The summed E-state index contributed by atoms with van der Waals surface area (Å²) in [5.41, 5.74) is 0. The Hall–Kier alpha value is -0.620. The van der Waals surface area contributed by atoms with E-state index in [9.17, 15) is 13.2 Å². The van der Waals surface area contributed by atoms with Crippen LogP contribution in [0.15, 0.2) is 0 Å². The highest BCUT2D eigenvalue weighted by Crippen LogP contribution is 1.97. The first kappa shape index (κ1) is 11.4. The van der Waals surface area contributed by atoms with Gasteiger partial charge in [-0.2, -0.15) is 0 Å². The smallest absolute Gasteiger partial charge is 0.303 e. The topological polar surface area (TPSA) is 83.5 Å². The normalized spacial score (nSPS) is 11.4. The monoisotopic (exact) mass is 195 g/mol. The molecule has 0 aromatic heterocycles. The molecule has 0 rings (SSSR count). The lowest BCUT2D eigenvalue weighted by atomic mass is 10.3. The number of carboxylic acid groups (broad SMARTS) is 1. The van der Waals surface area contributed by atoms with Gasteiger partial charge in [-0.15, -0.1) is 0 Å². The van der Waals surface area contributed by atoms with Crippen molar-refractivity contribution in [3.05, 3.63) is 0 Å². The number of rotatable bonds is 6. The number of hydrogen-bond acceptors (Lipinski definition) is 3. The zero-order chi connectivity index (χ0) is 9.61. The molecule has 6 heteroatoms. The van der Waals surface area contributed by atoms with Crippen molar-refractivity contribution in [1.29, 1.82) is 0 Å². The lowest BCUT2D eigenvalue weighted by molar-refractivity contribution is -0.137. The second-order valence-corrected chi connectivity index (χ2v) is 4.42. The number of nitrogens with one attached hydrogen (secondary N) is 1. The minimum atomic E-state index is -3.16. The van der Waals surface area contributed by atoms with Gasteiger partial charge in [-0.1, -0.05) is 0 Å². The molecule has 0 aromatic carbocycles. The summed E-state index contributed by atoms with van der Waals surface area (Å²) in [4.78, 5) is 10.0. The lowest BCUT2D eigenvalue weighted by Gasteiger charge is -1.99. The minimum Gasteiger partial charge on any atom is -0.481 e. The summed E-state index contributed by atoms with van der Waals surface area (Å²) in [6.45, 7) is 0. The van der Waals surface area contributed by atoms with Crippen molar-refractivity contribution in [2.45, 2.75) is 19.3 Å². The zero-order valence-electron chi connectivity index (χ0n) is 6.91. The standard InChI is InChI=1S/C6H13NO4S/c1-7-12(10,11)5-3-2-4-6(8)9/h7H,2-5H2,1H3,(H,8,9). The lowest BCUT2D eigenvalue weighted by Crippen LogP contribution is -2.21.